The molecule has 1 saturated heterocycles. The van der Waals surface area contributed by atoms with Crippen LogP contribution in [0.2, 0.25) is 0 Å². The zero-order valence-corrected chi connectivity index (χ0v) is 14.4. The third-order valence-corrected chi connectivity index (χ3v) is 4.21. The highest BCUT2D eigenvalue weighted by molar-refractivity contribution is 6.02. The van der Waals surface area contributed by atoms with Gasteiger partial charge in [0.1, 0.15) is 11.8 Å². The number of anilines is 1. The second-order valence-electron chi connectivity index (χ2n) is 5.98. The Morgan fingerprint density at radius 1 is 1.36 bits per heavy atom. The summed E-state index contributed by atoms with van der Waals surface area (Å²) in [6.07, 6.45) is 4.76. The highest BCUT2D eigenvalue weighted by Crippen LogP contribution is 2.26. The zero-order chi connectivity index (χ0) is 17.8. The molecular weight excluding hydrogens is 320 g/mol. The Morgan fingerprint density at radius 3 is 2.88 bits per heavy atom. The summed E-state index contributed by atoms with van der Waals surface area (Å²) >= 11 is 0. The smallest absolute Gasteiger partial charge is 0.258 e. The van der Waals surface area contributed by atoms with Gasteiger partial charge in [-0.2, -0.15) is 5.10 Å². The number of carbonyl (C=O) groups excluding carboxylic acids is 2. The van der Waals surface area contributed by atoms with Crippen molar-refractivity contribution in [2.24, 2.45) is 7.05 Å². The van der Waals surface area contributed by atoms with Crippen LogP contribution in [0.25, 0.3) is 0 Å². The van der Waals surface area contributed by atoms with Crippen LogP contribution in [0.4, 0.5) is 5.69 Å². The molecule has 1 aliphatic heterocycles. The van der Waals surface area contributed by atoms with E-state index in [0.29, 0.717) is 36.6 Å². The first-order valence-corrected chi connectivity index (χ1v) is 8.42. The second kappa shape index (κ2) is 7.38. The van der Waals surface area contributed by atoms with E-state index < -0.39 is 6.04 Å². The van der Waals surface area contributed by atoms with Gasteiger partial charge in [0.15, 0.2) is 0 Å². The maximum atomic E-state index is 13.0. The first-order chi connectivity index (χ1) is 12.1. The fourth-order valence-electron chi connectivity index (χ4n) is 3.07. The van der Waals surface area contributed by atoms with E-state index in [2.05, 4.69) is 10.4 Å². The van der Waals surface area contributed by atoms with Crippen molar-refractivity contribution in [3.8, 4) is 5.75 Å². The lowest BCUT2D eigenvalue weighted by molar-refractivity contribution is -0.119. The summed E-state index contributed by atoms with van der Waals surface area (Å²) in [7, 11) is 1.78. The quantitative estimate of drug-likeness (QED) is 0.902. The van der Waals surface area contributed by atoms with Crippen LogP contribution in [0.1, 0.15) is 30.1 Å². The van der Waals surface area contributed by atoms with Crippen LogP contribution in [0.5, 0.6) is 5.75 Å². The lowest BCUT2D eigenvalue weighted by Gasteiger charge is -2.24. The van der Waals surface area contributed by atoms with Gasteiger partial charge in [0.2, 0.25) is 5.91 Å². The zero-order valence-electron chi connectivity index (χ0n) is 14.4. The predicted octanol–water partition coefficient (Wildman–Crippen LogP) is 2.06. The number of rotatable bonds is 5. The number of benzene rings is 1. The molecule has 0 aliphatic carbocycles. The maximum Gasteiger partial charge on any atom is 0.258 e. The van der Waals surface area contributed by atoms with Gasteiger partial charge < -0.3 is 15.0 Å². The van der Waals surface area contributed by atoms with E-state index >= 15 is 0 Å². The number of hydrogen-bond acceptors (Lipinski definition) is 4. The molecule has 25 heavy (non-hydrogen) atoms. The van der Waals surface area contributed by atoms with Gasteiger partial charge in [-0.15, -0.1) is 0 Å². The molecule has 3 rings (SSSR count). The number of nitrogens with one attached hydrogen (secondary N) is 1. The van der Waals surface area contributed by atoms with Crippen LogP contribution in [-0.4, -0.2) is 45.7 Å². The van der Waals surface area contributed by atoms with Crippen molar-refractivity contribution >= 4 is 17.5 Å². The third-order valence-electron chi connectivity index (χ3n) is 4.21. The molecule has 7 nitrogen and oxygen atoms in total. The molecule has 2 heterocycles. The number of likely N-dealkylation sites (tertiary alicyclic amines) is 1. The van der Waals surface area contributed by atoms with E-state index in [1.165, 1.54) is 0 Å². The largest absolute Gasteiger partial charge is 0.493 e. The molecule has 132 valence electrons. The minimum Gasteiger partial charge on any atom is -0.493 e. The van der Waals surface area contributed by atoms with Crippen LogP contribution in [-0.2, 0) is 11.8 Å². The van der Waals surface area contributed by atoms with Gasteiger partial charge in [0.05, 0.1) is 24.1 Å². The Hall–Kier alpha value is -2.83. The molecule has 0 radical (unpaired) electrons. The monoisotopic (exact) mass is 342 g/mol. The van der Waals surface area contributed by atoms with Crippen molar-refractivity contribution in [2.45, 2.75) is 25.8 Å². The molecule has 2 aromatic rings. The third kappa shape index (κ3) is 3.65. The standard InChI is InChI=1S/C18H22N4O3/c1-3-25-16-9-5-4-7-14(16)18(24)22-10-6-8-15(22)17(23)20-13-11-19-21(2)12-13/h4-5,7,9,11-12,15H,3,6,8,10H2,1-2H3,(H,20,23)/t15-/m1/s1. The van der Waals surface area contributed by atoms with Crippen molar-refractivity contribution in [1.82, 2.24) is 14.7 Å². The molecule has 0 unspecified atom stereocenters. The average Bonchev–Trinajstić information content (AvgIpc) is 3.24. The summed E-state index contributed by atoms with van der Waals surface area (Å²) < 4.78 is 7.17. The summed E-state index contributed by atoms with van der Waals surface area (Å²) in [5.74, 6) is 0.189. The summed E-state index contributed by atoms with van der Waals surface area (Å²) in [5, 5.41) is 6.87. The molecular formula is C18H22N4O3. The molecule has 1 aromatic carbocycles. The van der Waals surface area contributed by atoms with Gasteiger partial charge in [0.25, 0.3) is 5.91 Å². The fraction of sp³-hybridized carbons (Fsp3) is 0.389. The van der Waals surface area contributed by atoms with Crippen molar-refractivity contribution in [3.05, 3.63) is 42.2 Å². The van der Waals surface area contributed by atoms with Crippen LogP contribution < -0.4 is 10.1 Å². The first-order valence-electron chi connectivity index (χ1n) is 8.42. The lowest BCUT2D eigenvalue weighted by Crippen LogP contribution is -2.43. The lowest BCUT2D eigenvalue weighted by atomic mass is 10.1. The van der Waals surface area contributed by atoms with E-state index in [1.807, 2.05) is 13.0 Å². The van der Waals surface area contributed by atoms with Gasteiger partial charge in [-0.1, -0.05) is 12.1 Å². The number of aryl methyl sites for hydroxylation is 1. The van der Waals surface area contributed by atoms with E-state index in [9.17, 15) is 9.59 Å². The minimum atomic E-state index is -0.484. The number of para-hydroxylation sites is 1. The van der Waals surface area contributed by atoms with Crippen molar-refractivity contribution in [1.29, 1.82) is 0 Å². The van der Waals surface area contributed by atoms with Gasteiger partial charge in [0, 0.05) is 19.8 Å². The topological polar surface area (TPSA) is 76.5 Å². The van der Waals surface area contributed by atoms with Gasteiger partial charge in [-0.05, 0) is 31.9 Å². The molecule has 0 saturated carbocycles. The highest BCUT2D eigenvalue weighted by Gasteiger charge is 2.35. The van der Waals surface area contributed by atoms with Crippen LogP contribution >= 0.6 is 0 Å². The number of aromatic nitrogens is 2. The van der Waals surface area contributed by atoms with Crippen molar-refractivity contribution in [2.75, 3.05) is 18.5 Å². The molecule has 2 amide bonds. The van der Waals surface area contributed by atoms with Crippen LogP contribution in [0.3, 0.4) is 0 Å². The van der Waals surface area contributed by atoms with Crippen LogP contribution in [0, 0.1) is 0 Å². The number of hydrogen-bond donors (Lipinski definition) is 1. The fourth-order valence-corrected chi connectivity index (χ4v) is 3.07. The molecule has 0 bridgehead atoms. The predicted molar refractivity (Wildman–Crippen MR) is 93.5 cm³/mol. The SMILES string of the molecule is CCOc1ccccc1C(=O)N1CCC[C@@H]1C(=O)Nc1cnn(C)c1. The number of amides is 2. The van der Waals surface area contributed by atoms with Gasteiger partial charge >= 0.3 is 0 Å². The molecule has 1 N–H and O–H groups in total. The number of ether oxygens (including phenoxy) is 1. The Kier molecular flexibility index (Phi) is 5.02. The highest BCUT2D eigenvalue weighted by atomic mass is 16.5. The maximum absolute atomic E-state index is 13.0. The Balaban J connectivity index is 1.77. The van der Waals surface area contributed by atoms with E-state index in [1.54, 1.807) is 47.2 Å². The first kappa shape index (κ1) is 17.0. The van der Waals surface area contributed by atoms with E-state index in [-0.39, 0.29) is 11.8 Å². The van der Waals surface area contributed by atoms with E-state index in [0.717, 1.165) is 6.42 Å². The Bertz CT molecular complexity index is 771. The normalized spacial score (nSPS) is 16.7. The molecule has 0 spiro atoms. The summed E-state index contributed by atoms with van der Waals surface area (Å²) in [6, 6.07) is 6.66. The minimum absolute atomic E-state index is 0.173. The summed E-state index contributed by atoms with van der Waals surface area (Å²) in [6.45, 7) is 2.92. The molecule has 1 aromatic heterocycles. The number of nitrogens with zero attached hydrogens (tertiary/aromatic N) is 3. The molecule has 1 aliphatic rings. The Morgan fingerprint density at radius 2 is 2.16 bits per heavy atom. The Labute approximate surface area is 146 Å². The average molecular weight is 342 g/mol. The van der Waals surface area contributed by atoms with Crippen LogP contribution in [0.15, 0.2) is 36.7 Å². The van der Waals surface area contributed by atoms with Gasteiger partial charge in [-0.3, -0.25) is 14.3 Å². The van der Waals surface area contributed by atoms with E-state index in [4.69, 9.17) is 4.74 Å². The van der Waals surface area contributed by atoms with Gasteiger partial charge in [-0.25, -0.2) is 0 Å². The molecule has 1 fully saturated rings. The molecule has 7 heteroatoms. The number of carbonyl (C=O) groups is 2. The molecule has 1 atom stereocenters. The summed E-state index contributed by atoms with van der Waals surface area (Å²) in [5.41, 5.74) is 1.12. The summed E-state index contributed by atoms with van der Waals surface area (Å²) in [4.78, 5) is 27.2. The second-order valence-corrected chi connectivity index (χ2v) is 5.98. The van der Waals surface area contributed by atoms with Crippen molar-refractivity contribution < 1.29 is 14.3 Å². The van der Waals surface area contributed by atoms with Crippen molar-refractivity contribution in [3.63, 3.8) is 0 Å².